The van der Waals surface area contributed by atoms with Crippen LogP contribution in [0.2, 0.25) is 0 Å². The van der Waals surface area contributed by atoms with E-state index in [0.717, 1.165) is 29.8 Å². The van der Waals surface area contributed by atoms with Gasteiger partial charge in [-0.1, -0.05) is 113 Å². The Morgan fingerprint density at radius 3 is 1.60 bits per heavy atom. The number of nitro groups is 1. The summed E-state index contributed by atoms with van der Waals surface area (Å²) in [7, 11) is 0. The van der Waals surface area contributed by atoms with Gasteiger partial charge in [0.25, 0.3) is 5.69 Å². The van der Waals surface area contributed by atoms with E-state index in [1.54, 1.807) is 6.07 Å². The largest absolute Gasteiger partial charge is 0.372 e. The summed E-state index contributed by atoms with van der Waals surface area (Å²) in [5, 5.41) is 20.2. The number of benzene rings is 3. The monoisotopic (exact) mass is 535 g/mol. The molecule has 0 aliphatic heterocycles. The zero-order valence-corrected chi connectivity index (χ0v) is 23.9. The summed E-state index contributed by atoms with van der Waals surface area (Å²) in [4.78, 5) is 13.0. The van der Waals surface area contributed by atoms with Crippen LogP contribution in [0.15, 0.2) is 66.7 Å². The summed E-state index contributed by atoms with van der Waals surface area (Å²) < 4.78 is 0. The second-order valence-corrected chi connectivity index (χ2v) is 10.2. The van der Waals surface area contributed by atoms with Crippen LogP contribution < -0.4 is 4.90 Å². The smallest absolute Gasteiger partial charge is 0.287 e. The molecule has 0 aromatic heterocycles. The lowest BCUT2D eigenvalue weighted by Gasteiger charge is -2.25. The number of nitriles is 1. The Balaban J connectivity index is 1.60. The summed E-state index contributed by atoms with van der Waals surface area (Å²) in [6.45, 7) is 6.78. The van der Waals surface area contributed by atoms with Crippen molar-refractivity contribution in [1.29, 1.82) is 5.26 Å². The summed E-state index contributed by atoms with van der Waals surface area (Å²) in [5.41, 5.74) is 5.25. The first-order chi connectivity index (χ1) is 19.5. The maximum atomic E-state index is 11.0. The Morgan fingerprint density at radius 1 is 0.700 bits per heavy atom. The predicted octanol–water partition coefficient (Wildman–Crippen LogP) is 9.77. The van der Waals surface area contributed by atoms with Gasteiger partial charge in [-0.3, -0.25) is 10.1 Å². The molecule has 0 bridgehead atoms. The Morgan fingerprint density at radius 2 is 1.15 bits per heavy atom. The molecule has 208 valence electrons. The maximum Gasteiger partial charge on any atom is 0.287 e. The van der Waals surface area contributed by atoms with Gasteiger partial charge in [-0.2, -0.15) is 5.26 Å². The van der Waals surface area contributed by atoms with Crippen LogP contribution in [0.3, 0.4) is 0 Å². The van der Waals surface area contributed by atoms with E-state index in [4.69, 9.17) is 0 Å². The van der Waals surface area contributed by atoms with E-state index in [9.17, 15) is 15.4 Å². The van der Waals surface area contributed by atoms with E-state index in [0.29, 0.717) is 0 Å². The van der Waals surface area contributed by atoms with E-state index in [-0.39, 0.29) is 11.3 Å². The normalized spacial score (nSPS) is 11.2. The molecule has 0 aliphatic carbocycles. The summed E-state index contributed by atoms with van der Waals surface area (Å²) >= 11 is 0. The van der Waals surface area contributed by atoms with E-state index in [2.05, 4.69) is 67.3 Å². The van der Waals surface area contributed by atoms with Gasteiger partial charge in [0.05, 0.1) is 4.92 Å². The minimum absolute atomic E-state index is 0.0623. The number of rotatable bonds is 16. The lowest BCUT2D eigenvalue weighted by molar-refractivity contribution is -0.385. The molecule has 0 spiro atoms. The molecule has 5 nitrogen and oxygen atoms in total. The fraction of sp³-hybridized carbons (Fsp3) is 0.343. The molecule has 0 unspecified atom stereocenters. The van der Waals surface area contributed by atoms with Crippen LogP contribution in [-0.2, 0) is 0 Å². The Bertz CT molecular complexity index is 1290. The van der Waals surface area contributed by atoms with Crippen molar-refractivity contribution in [2.45, 2.75) is 65.2 Å². The summed E-state index contributed by atoms with van der Waals surface area (Å²) in [6, 6.07) is 23.6. The third kappa shape index (κ3) is 9.85. The van der Waals surface area contributed by atoms with Crippen LogP contribution >= 0.6 is 0 Å². The average molecular weight is 536 g/mol. The number of hydrogen-bond donors (Lipinski definition) is 0. The fourth-order valence-corrected chi connectivity index (χ4v) is 4.63. The molecule has 0 aliphatic rings. The van der Waals surface area contributed by atoms with Crippen LogP contribution in [0.5, 0.6) is 0 Å². The van der Waals surface area contributed by atoms with Crippen molar-refractivity contribution in [3.63, 3.8) is 0 Å². The predicted molar refractivity (Wildman–Crippen MR) is 169 cm³/mol. The first-order valence-corrected chi connectivity index (χ1v) is 14.5. The molecule has 0 fully saturated rings. The number of anilines is 1. The Kier molecular flexibility index (Phi) is 12.7. The zero-order valence-electron chi connectivity index (χ0n) is 23.9. The van der Waals surface area contributed by atoms with Gasteiger partial charge in [0, 0.05) is 24.8 Å². The minimum Gasteiger partial charge on any atom is -0.372 e. The summed E-state index contributed by atoms with van der Waals surface area (Å²) in [6.07, 6.45) is 18.3. The second-order valence-electron chi connectivity index (χ2n) is 10.2. The van der Waals surface area contributed by atoms with Crippen molar-refractivity contribution in [2.24, 2.45) is 0 Å². The van der Waals surface area contributed by atoms with Crippen LogP contribution in [-0.4, -0.2) is 18.0 Å². The molecular weight excluding hydrogens is 494 g/mol. The van der Waals surface area contributed by atoms with Gasteiger partial charge in [0.1, 0.15) is 11.6 Å². The van der Waals surface area contributed by atoms with E-state index < -0.39 is 4.92 Å². The number of hydrogen-bond acceptors (Lipinski definition) is 4. The quantitative estimate of drug-likeness (QED) is 0.0792. The molecule has 0 radical (unpaired) electrons. The van der Waals surface area contributed by atoms with Gasteiger partial charge in [-0.05, 0) is 59.4 Å². The molecule has 0 atom stereocenters. The van der Waals surface area contributed by atoms with E-state index in [1.807, 2.05) is 30.4 Å². The van der Waals surface area contributed by atoms with Crippen molar-refractivity contribution >= 4 is 35.7 Å². The standard InChI is InChI=1S/C35H41N3O2/c1-3-5-7-9-25-37(26-10-8-6-4-2)34-22-19-31(20-23-34)16-15-29-11-13-30(14-12-29)17-18-32-21-24-35(38(39)40)33(27-32)28-36/h11-24,27H,3-10,25-26H2,1-2H3/b16-15+,18-17+. The molecule has 3 aromatic carbocycles. The van der Waals surface area contributed by atoms with Crippen molar-refractivity contribution < 1.29 is 4.92 Å². The lowest BCUT2D eigenvalue weighted by atomic mass is 10.1. The summed E-state index contributed by atoms with van der Waals surface area (Å²) in [5.74, 6) is 0. The van der Waals surface area contributed by atoms with Crippen molar-refractivity contribution in [1.82, 2.24) is 0 Å². The second kappa shape index (κ2) is 16.7. The third-order valence-corrected chi connectivity index (χ3v) is 7.03. The van der Waals surface area contributed by atoms with Gasteiger partial charge >= 0.3 is 0 Å². The topological polar surface area (TPSA) is 70.2 Å². The third-order valence-electron chi connectivity index (χ3n) is 7.03. The number of nitrogens with zero attached hydrogens (tertiary/aromatic N) is 3. The van der Waals surface area contributed by atoms with E-state index >= 15 is 0 Å². The highest BCUT2D eigenvalue weighted by atomic mass is 16.6. The van der Waals surface area contributed by atoms with Gasteiger partial charge in [0.2, 0.25) is 0 Å². The van der Waals surface area contributed by atoms with Gasteiger partial charge < -0.3 is 4.90 Å². The molecule has 0 saturated carbocycles. The van der Waals surface area contributed by atoms with E-state index in [1.165, 1.54) is 74.8 Å². The number of nitro benzene ring substituents is 1. The van der Waals surface area contributed by atoms with Crippen LogP contribution in [0.1, 0.15) is 93.0 Å². The fourth-order valence-electron chi connectivity index (χ4n) is 4.63. The molecule has 0 heterocycles. The average Bonchev–Trinajstić information content (AvgIpc) is 2.98. The highest BCUT2D eigenvalue weighted by Gasteiger charge is 2.12. The minimum atomic E-state index is -0.535. The van der Waals surface area contributed by atoms with Gasteiger partial charge in [-0.25, -0.2) is 0 Å². The van der Waals surface area contributed by atoms with Crippen LogP contribution in [0.4, 0.5) is 11.4 Å². The highest BCUT2D eigenvalue weighted by molar-refractivity contribution is 5.74. The molecule has 3 aromatic rings. The van der Waals surface area contributed by atoms with Crippen LogP contribution in [0, 0.1) is 21.4 Å². The van der Waals surface area contributed by atoms with Gasteiger partial charge in [0.15, 0.2) is 0 Å². The zero-order chi connectivity index (χ0) is 28.6. The van der Waals surface area contributed by atoms with Crippen molar-refractivity contribution in [3.8, 4) is 6.07 Å². The highest BCUT2D eigenvalue weighted by Crippen LogP contribution is 2.22. The number of unbranched alkanes of at least 4 members (excludes halogenated alkanes) is 6. The molecule has 3 rings (SSSR count). The maximum absolute atomic E-state index is 11.0. The SMILES string of the molecule is CCCCCCN(CCCCCC)c1ccc(/C=C/c2ccc(/C=C/c3ccc([N+](=O)[O-])c(C#N)c3)cc2)cc1. The van der Waals surface area contributed by atoms with Crippen molar-refractivity contribution in [3.05, 3.63) is 105 Å². The van der Waals surface area contributed by atoms with Crippen molar-refractivity contribution in [2.75, 3.05) is 18.0 Å². The molecule has 0 N–H and O–H groups in total. The Hall–Kier alpha value is -4.17. The molecular formula is C35H41N3O2. The molecule has 5 heteroatoms. The van der Waals surface area contributed by atoms with Gasteiger partial charge in [-0.15, -0.1) is 0 Å². The molecule has 0 amide bonds. The Labute approximate surface area is 239 Å². The molecule has 40 heavy (non-hydrogen) atoms. The molecule has 0 saturated heterocycles. The first-order valence-electron chi connectivity index (χ1n) is 14.5. The first kappa shape index (κ1) is 30.4. The van der Waals surface area contributed by atoms with Crippen LogP contribution in [0.25, 0.3) is 24.3 Å². The lowest BCUT2D eigenvalue weighted by Crippen LogP contribution is -2.25.